The number of aromatic carboxylic acids is 1. The number of primary amides is 1. The highest BCUT2D eigenvalue weighted by molar-refractivity contribution is 7.89. The van der Waals surface area contributed by atoms with E-state index in [0.717, 1.165) is 0 Å². The second-order valence-corrected chi connectivity index (χ2v) is 6.58. The smallest absolute Gasteiger partial charge is 0.357 e. The van der Waals surface area contributed by atoms with Crippen LogP contribution in [-0.2, 0) is 14.8 Å². The first kappa shape index (κ1) is 16.1. The Balaban J connectivity index is 3.22. The summed E-state index contributed by atoms with van der Waals surface area (Å²) in [5.74, 6) is -2.15. The van der Waals surface area contributed by atoms with E-state index in [9.17, 15) is 18.0 Å². The first-order valence-corrected chi connectivity index (χ1v) is 7.05. The first-order chi connectivity index (χ1) is 8.96. The van der Waals surface area contributed by atoms with Gasteiger partial charge in [0.25, 0.3) is 0 Å². The number of rotatable bonds is 6. The van der Waals surface area contributed by atoms with Gasteiger partial charge in [-0.1, -0.05) is 0 Å². The molecule has 1 aromatic rings. The van der Waals surface area contributed by atoms with Gasteiger partial charge in [-0.15, -0.1) is 0 Å². The second kappa shape index (κ2) is 5.21. The lowest BCUT2D eigenvalue weighted by atomic mass is 10.0. The molecule has 9 nitrogen and oxygen atoms in total. The largest absolute Gasteiger partial charge is 0.476 e. The van der Waals surface area contributed by atoms with Gasteiger partial charge in [0.05, 0.1) is 5.69 Å². The summed E-state index contributed by atoms with van der Waals surface area (Å²) in [6.45, 7) is 4.31. The number of carbonyl (C=O) groups excluding carboxylic acids is 1. The molecule has 0 aliphatic heterocycles. The minimum atomic E-state index is -4.16. The predicted octanol–water partition coefficient (Wildman–Crippen LogP) is -0.651. The van der Waals surface area contributed by atoms with Crippen molar-refractivity contribution in [3.8, 4) is 0 Å². The zero-order chi connectivity index (χ0) is 15.7. The third-order valence-electron chi connectivity index (χ3n) is 2.39. The van der Waals surface area contributed by atoms with Crippen LogP contribution in [0.4, 0.5) is 0 Å². The fraction of sp³-hybridized carbons (Fsp3) is 0.500. The van der Waals surface area contributed by atoms with Crippen molar-refractivity contribution in [2.75, 3.05) is 0 Å². The van der Waals surface area contributed by atoms with Crippen LogP contribution in [0.15, 0.2) is 4.90 Å². The van der Waals surface area contributed by atoms with Gasteiger partial charge in [-0.3, -0.25) is 9.89 Å². The molecular weight excluding hydrogens is 288 g/mol. The summed E-state index contributed by atoms with van der Waals surface area (Å²) >= 11 is 0. The number of nitrogens with two attached hydrogens (primary N) is 1. The fourth-order valence-corrected chi connectivity index (χ4v) is 3.52. The number of aryl methyl sites for hydroxylation is 1. The number of carbonyl (C=O) groups is 2. The van der Waals surface area contributed by atoms with Gasteiger partial charge in [-0.2, -0.15) is 5.10 Å². The average molecular weight is 304 g/mol. The van der Waals surface area contributed by atoms with Crippen molar-refractivity contribution < 1.29 is 23.1 Å². The van der Waals surface area contributed by atoms with Crippen molar-refractivity contribution in [1.82, 2.24) is 14.9 Å². The minimum Gasteiger partial charge on any atom is -0.476 e. The summed E-state index contributed by atoms with van der Waals surface area (Å²) in [6.07, 6.45) is -0.231. The number of nitrogens with zero attached hydrogens (tertiary/aromatic N) is 1. The number of hydrogen-bond donors (Lipinski definition) is 4. The van der Waals surface area contributed by atoms with E-state index in [1.54, 1.807) is 0 Å². The molecule has 10 heteroatoms. The Hall–Kier alpha value is -1.94. The molecule has 0 aliphatic carbocycles. The van der Waals surface area contributed by atoms with Gasteiger partial charge in [-0.25, -0.2) is 17.9 Å². The van der Waals surface area contributed by atoms with Crippen LogP contribution < -0.4 is 10.5 Å². The molecule has 0 saturated heterocycles. The van der Waals surface area contributed by atoms with Crippen LogP contribution in [0.1, 0.15) is 36.5 Å². The SMILES string of the molecule is Cc1[nH]nc(C(=O)O)c1S(=O)(=O)NC(C)(C)CC(N)=O. The molecule has 0 bridgehead atoms. The van der Waals surface area contributed by atoms with Gasteiger partial charge in [0, 0.05) is 12.0 Å². The van der Waals surface area contributed by atoms with Gasteiger partial charge >= 0.3 is 5.97 Å². The molecule has 1 amide bonds. The van der Waals surface area contributed by atoms with Crippen LogP contribution in [0.2, 0.25) is 0 Å². The van der Waals surface area contributed by atoms with Crippen molar-refractivity contribution in [1.29, 1.82) is 0 Å². The summed E-state index contributed by atoms with van der Waals surface area (Å²) in [5.41, 5.74) is 3.37. The number of H-pyrrole nitrogens is 1. The number of sulfonamides is 1. The van der Waals surface area contributed by atoms with Crippen LogP contribution in [0.25, 0.3) is 0 Å². The molecule has 0 unspecified atom stereocenters. The van der Waals surface area contributed by atoms with E-state index in [0.29, 0.717) is 0 Å². The molecule has 1 heterocycles. The van der Waals surface area contributed by atoms with Gasteiger partial charge in [0.2, 0.25) is 15.9 Å². The molecule has 5 N–H and O–H groups in total. The number of nitrogens with one attached hydrogen (secondary N) is 2. The van der Waals surface area contributed by atoms with Crippen LogP contribution in [0, 0.1) is 6.92 Å². The summed E-state index contributed by atoms with van der Waals surface area (Å²) in [4.78, 5) is 21.4. The van der Waals surface area contributed by atoms with Crippen LogP contribution in [0.3, 0.4) is 0 Å². The van der Waals surface area contributed by atoms with E-state index in [2.05, 4.69) is 14.9 Å². The van der Waals surface area contributed by atoms with E-state index in [1.807, 2.05) is 0 Å². The molecule has 112 valence electrons. The zero-order valence-corrected chi connectivity index (χ0v) is 12.0. The molecule has 1 rings (SSSR count). The number of aromatic amines is 1. The quantitative estimate of drug-likeness (QED) is 0.547. The molecule has 0 radical (unpaired) electrons. The Morgan fingerprint density at radius 3 is 2.45 bits per heavy atom. The van der Waals surface area contributed by atoms with E-state index in [1.165, 1.54) is 20.8 Å². The lowest BCUT2D eigenvalue weighted by Gasteiger charge is -2.24. The number of carboxylic acids is 1. The highest BCUT2D eigenvalue weighted by Gasteiger charge is 2.33. The van der Waals surface area contributed by atoms with E-state index in [-0.39, 0.29) is 12.1 Å². The van der Waals surface area contributed by atoms with Crippen LogP contribution in [0.5, 0.6) is 0 Å². The molecule has 0 fully saturated rings. The maximum Gasteiger partial charge on any atom is 0.357 e. The lowest BCUT2D eigenvalue weighted by molar-refractivity contribution is -0.119. The van der Waals surface area contributed by atoms with Crippen molar-refractivity contribution in [2.45, 2.75) is 37.6 Å². The van der Waals surface area contributed by atoms with Crippen molar-refractivity contribution >= 4 is 21.9 Å². The first-order valence-electron chi connectivity index (χ1n) is 5.57. The molecule has 0 spiro atoms. The Labute approximate surface area is 115 Å². The zero-order valence-electron chi connectivity index (χ0n) is 11.2. The molecule has 0 aromatic carbocycles. The number of amides is 1. The van der Waals surface area contributed by atoms with E-state index in [4.69, 9.17) is 10.8 Å². The van der Waals surface area contributed by atoms with Crippen molar-refractivity contribution in [3.63, 3.8) is 0 Å². The van der Waals surface area contributed by atoms with Crippen LogP contribution >= 0.6 is 0 Å². The van der Waals surface area contributed by atoms with Gasteiger partial charge in [0.15, 0.2) is 5.69 Å². The summed E-state index contributed by atoms with van der Waals surface area (Å²) in [5, 5.41) is 14.7. The molecule has 0 aliphatic rings. The lowest BCUT2D eigenvalue weighted by Crippen LogP contribution is -2.46. The number of aromatic nitrogens is 2. The monoisotopic (exact) mass is 304 g/mol. The molecule has 20 heavy (non-hydrogen) atoms. The molecule has 1 aromatic heterocycles. The maximum absolute atomic E-state index is 12.2. The molecule has 0 saturated carbocycles. The maximum atomic E-state index is 12.2. The third-order valence-corrected chi connectivity index (χ3v) is 4.25. The second-order valence-electron chi connectivity index (χ2n) is 4.96. The number of carboxylic acid groups (broad SMARTS) is 1. The average Bonchev–Trinajstić information content (AvgIpc) is 2.56. The Morgan fingerprint density at radius 2 is 2.00 bits per heavy atom. The standard InChI is InChI=1S/C10H16N4O5S/c1-5-8(7(9(16)17)13-12-5)20(18,19)14-10(2,3)4-6(11)15/h14H,4H2,1-3H3,(H2,11,15)(H,12,13)(H,16,17). The Morgan fingerprint density at radius 1 is 1.45 bits per heavy atom. The topological polar surface area (TPSA) is 155 Å². The fourth-order valence-electron chi connectivity index (χ4n) is 1.78. The van der Waals surface area contributed by atoms with E-state index >= 15 is 0 Å². The minimum absolute atomic E-state index is 0.0878. The Bertz CT molecular complexity index is 647. The van der Waals surface area contributed by atoms with Gasteiger partial charge in [0.1, 0.15) is 4.90 Å². The van der Waals surface area contributed by atoms with E-state index < -0.39 is 38.0 Å². The van der Waals surface area contributed by atoms with Gasteiger partial charge < -0.3 is 10.8 Å². The third kappa shape index (κ3) is 3.54. The number of hydrogen-bond acceptors (Lipinski definition) is 5. The normalized spacial score (nSPS) is 12.3. The van der Waals surface area contributed by atoms with Crippen molar-refractivity contribution in [3.05, 3.63) is 11.4 Å². The Kier molecular flexibility index (Phi) is 4.20. The predicted molar refractivity (Wildman–Crippen MR) is 68.5 cm³/mol. The summed E-state index contributed by atoms with van der Waals surface area (Å²) in [6, 6.07) is 0. The van der Waals surface area contributed by atoms with Crippen LogP contribution in [-0.4, -0.2) is 41.1 Å². The summed E-state index contributed by atoms with van der Waals surface area (Å²) < 4.78 is 26.8. The molecule has 0 atom stereocenters. The highest BCUT2D eigenvalue weighted by atomic mass is 32.2. The van der Waals surface area contributed by atoms with Gasteiger partial charge in [-0.05, 0) is 20.8 Å². The highest BCUT2D eigenvalue weighted by Crippen LogP contribution is 2.20. The molecular formula is C10H16N4O5S. The van der Waals surface area contributed by atoms with Crippen molar-refractivity contribution in [2.24, 2.45) is 5.73 Å². The summed E-state index contributed by atoms with van der Waals surface area (Å²) in [7, 11) is -4.16.